The van der Waals surface area contributed by atoms with Crippen LogP contribution in [0.1, 0.15) is 42.7 Å². The van der Waals surface area contributed by atoms with Crippen LogP contribution in [-0.2, 0) is 0 Å². The predicted octanol–water partition coefficient (Wildman–Crippen LogP) is 3.08. The molecule has 1 unspecified atom stereocenters. The van der Waals surface area contributed by atoms with Crippen molar-refractivity contribution in [2.24, 2.45) is 5.73 Å². The first-order valence-electron chi connectivity index (χ1n) is 6.41. The van der Waals surface area contributed by atoms with E-state index in [1.165, 1.54) is 11.1 Å². The molecule has 1 atom stereocenters. The summed E-state index contributed by atoms with van der Waals surface area (Å²) in [4.78, 5) is 0. The summed E-state index contributed by atoms with van der Waals surface area (Å²) in [5.74, 6) is 1.11. The quantitative estimate of drug-likeness (QED) is 0.838. The first kappa shape index (κ1) is 12.9. The standard InChI is InChI=1S/C14H21ClN2/c1-11(10-16)13-3-2-4-14(9-13)12-5-7-17(15)8-6-12/h2-4,9,11-12H,5-8,10,16H2,1H3. The minimum absolute atomic E-state index is 0.447. The maximum absolute atomic E-state index is 5.99. The minimum atomic E-state index is 0.447. The molecular formula is C14H21ClN2. The Morgan fingerprint density at radius 2 is 2.12 bits per heavy atom. The average Bonchev–Trinajstić information content (AvgIpc) is 2.39. The van der Waals surface area contributed by atoms with Crippen LogP contribution < -0.4 is 5.73 Å². The molecule has 17 heavy (non-hydrogen) atoms. The van der Waals surface area contributed by atoms with Gasteiger partial charge in [0.2, 0.25) is 0 Å². The lowest BCUT2D eigenvalue weighted by molar-refractivity contribution is 0.335. The highest BCUT2D eigenvalue weighted by molar-refractivity contribution is 6.13. The van der Waals surface area contributed by atoms with Gasteiger partial charge in [-0.1, -0.05) is 31.2 Å². The zero-order valence-electron chi connectivity index (χ0n) is 10.4. The largest absolute Gasteiger partial charge is 0.330 e. The van der Waals surface area contributed by atoms with Crippen molar-refractivity contribution in [3.05, 3.63) is 35.4 Å². The first-order valence-corrected chi connectivity index (χ1v) is 6.75. The highest BCUT2D eigenvalue weighted by Crippen LogP contribution is 2.30. The maximum Gasteiger partial charge on any atom is 0.0144 e. The SMILES string of the molecule is CC(CN)c1cccc(C2CCN(Cl)CC2)c1. The molecule has 0 bridgehead atoms. The number of hydrogen-bond acceptors (Lipinski definition) is 2. The number of piperidine rings is 1. The molecule has 94 valence electrons. The van der Waals surface area contributed by atoms with Crippen LogP contribution in [0.15, 0.2) is 24.3 Å². The maximum atomic E-state index is 5.99. The third-order valence-corrected chi connectivity index (χ3v) is 4.08. The Kier molecular flexibility index (Phi) is 4.43. The van der Waals surface area contributed by atoms with E-state index in [0.29, 0.717) is 18.4 Å². The van der Waals surface area contributed by atoms with Gasteiger partial charge in [-0.15, -0.1) is 0 Å². The Hall–Kier alpha value is -0.570. The van der Waals surface area contributed by atoms with Crippen molar-refractivity contribution in [1.82, 2.24) is 4.42 Å². The molecule has 1 aromatic rings. The zero-order chi connectivity index (χ0) is 12.3. The van der Waals surface area contributed by atoms with Gasteiger partial charge < -0.3 is 5.73 Å². The second kappa shape index (κ2) is 5.85. The zero-order valence-corrected chi connectivity index (χ0v) is 11.2. The topological polar surface area (TPSA) is 29.3 Å². The fraction of sp³-hybridized carbons (Fsp3) is 0.571. The van der Waals surface area contributed by atoms with Crippen molar-refractivity contribution in [2.75, 3.05) is 19.6 Å². The Labute approximate surface area is 109 Å². The van der Waals surface area contributed by atoms with Gasteiger partial charge in [0, 0.05) is 13.1 Å². The number of halogens is 1. The van der Waals surface area contributed by atoms with Crippen LogP contribution in [0.4, 0.5) is 0 Å². The molecule has 2 N–H and O–H groups in total. The van der Waals surface area contributed by atoms with Gasteiger partial charge >= 0.3 is 0 Å². The van der Waals surface area contributed by atoms with E-state index in [1.807, 2.05) is 4.42 Å². The second-order valence-corrected chi connectivity index (χ2v) is 5.47. The van der Waals surface area contributed by atoms with Crippen LogP contribution in [0, 0.1) is 0 Å². The van der Waals surface area contributed by atoms with Gasteiger partial charge in [-0.05, 0) is 54.1 Å². The molecular weight excluding hydrogens is 232 g/mol. The van der Waals surface area contributed by atoms with Gasteiger partial charge in [-0.2, -0.15) is 0 Å². The summed E-state index contributed by atoms with van der Waals surface area (Å²) in [6.45, 7) is 4.87. The molecule has 1 aliphatic rings. The lowest BCUT2D eigenvalue weighted by Gasteiger charge is -2.27. The third-order valence-electron chi connectivity index (χ3n) is 3.75. The molecule has 3 heteroatoms. The molecule has 2 nitrogen and oxygen atoms in total. The van der Waals surface area contributed by atoms with Crippen molar-refractivity contribution in [3.63, 3.8) is 0 Å². The second-order valence-electron chi connectivity index (χ2n) is 4.99. The van der Waals surface area contributed by atoms with Gasteiger partial charge in [-0.3, -0.25) is 0 Å². The van der Waals surface area contributed by atoms with Crippen LogP contribution >= 0.6 is 11.8 Å². The summed E-state index contributed by atoms with van der Waals surface area (Å²) in [7, 11) is 0. The monoisotopic (exact) mass is 252 g/mol. The Morgan fingerprint density at radius 1 is 1.41 bits per heavy atom. The van der Waals surface area contributed by atoms with Crippen molar-refractivity contribution in [2.45, 2.75) is 31.6 Å². The third kappa shape index (κ3) is 3.21. The molecule has 0 amide bonds. The van der Waals surface area contributed by atoms with E-state index in [9.17, 15) is 0 Å². The molecule has 1 aromatic carbocycles. The van der Waals surface area contributed by atoms with E-state index in [1.54, 1.807) is 0 Å². The number of nitrogens with two attached hydrogens (primary N) is 1. The van der Waals surface area contributed by atoms with E-state index in [0.717, 1.165) is 25.9 Å². The average molecular weight is 253 g/mol. The van der Waals surface area contributed by atoms with Crippen molar-refractivity contribution in [1.29, 1.82) is 0 Å². The van der Waals surface area contributed by atoms with Gasteiger partial charge in [-0.25, -0.2) is 4.42 Å². The first-order chi connectivity index (χ1) is 8.20. The summed E-state index contributed by atoms with van der Waals surface area (Å²) in [6, 6.07) is 8.90. The summed E-state index contributed by atoms with van der Waals surface area (Å²) in [5, 5.41) is 0. The molecule has 1 aliphatic heterocycles. The van der Waals surface area contributed by atoms with E-state index in [-0.39, 0.29) is 0 Å². The van der Waals surface area contributed by atoms with Crippen molar-refractivity contribution >= 4 is 11.8 Å². The molecule has 0 saturated carbocycles. The van der Waals surface area contributed by atoms with Crippen molar-refractivity contribution in [3.8, 4) is 0 Å². The summed E-state index contributed by atoms with van der Waals surface area (Å²) in [5.41, 5.74) is 8.54. The van der Waals surface area contributed by atoms with Gasteiger partial charge in [0.1, 0.15) is 0 Å². The lowest BCUT2D eigenvalue weighted by atomic mass is 9.87. The normalized spacial score (nSPS) is 20.4. The van der Waals surface area contributed by atoms with Gasteiger partial charge in [0.15, 0.2) is 0 Å². The highest BCUT2D eigenvalue weighted by Gasteiger charge is 2.19. The molecule has 0 spiro atoms. The fourth-order valence-corrected chi connectivity index (χ4v) is 2.63. The Balaban J connectivity index is 2.10. The van der Waals surface area contributed by atoms with E-state index in [2.05, 4.69) is 31.2 Å². The van der Waals surface area contributed by atoms with Crippen LogP contribution in [0.2, 0.25) is 0 Å². The summed E-state index contributed by atoms with van der Waals surface area (Å²) < 4.78 is 1.89. The fourth-order valence-electron chi connectivity index (χ4n) is 2.44. The van der Waals surface area contributed by atoms with Crippen LogP contribution in [-0.4, -0.2) is 24.1 Å². The summed E-state index contributed by atoms with van der Waals surface area (Å²) in [6.07, 6.45) is 2.31. The van der Waals surface area contributed by atoms with E-state index >= 15 is 0 Å². The minimum Gasteiger partial charge on any atom is -0.330 e. The smallest absolute Gasteiger partial charge is 0.0144 e. The number of benzene rings is 1. The Morgan fingerprint density at radius 3 is 2.76 bits per heavy atom. The highest BCUT2D eigenvalue weighted by atomic mass is 35.5. The molecule has 1 fully saturated rings. The molecule has 0 aliphatic carbocycles. The summed E-state index contributed by atoms with van der Waals surface area (Å²) >= 11 is 5.99. The van der Waals surface area contributed by atoms with Crippen molar-refractivity contribution < 1.29 is 0 Å². The van der Waals surface area contributed by atoms with E-state index < -0.39 is 0 Å². The number of nitrogens with zero attached hydrogens (tertiary/aromatic N) is 1. The van der Waals surface area contributed by atoms with E-state index in [4.69, 9.17) is 17.5 Å². The molecule has 0 aromatic heterocycles. The molecule has 1 heterocycles. The molecule has 0 radical (unpaired) electrons. The van der Waals surface area contributed by atoms with Crippen LogP contribution in [0.25, 0.3) is 0 Å². The number of hydrogen-bond donors (Lipinski definition) is 1. The molecule has 1 saturated heterocycles. The van der Waals surface area contributed by atoms with Gasteiger partial charge in [0.05, 0.1) is 0 Å². The van der Waals surface area contributed by atoms with Crippen LogP contribution in [0.3, 0.4) is 0 Å². The van der Waals surface area contributed by atoms with Gasteiger partial charge in [0.25, 0.3) is 0 Å². The van der Waals surface area contributed by atoms with Crippen LogP contribution in [0.5, 0.6) is 0 Å². The lowest BCUT2D eigenvalue weighted by Crippen LogP contribution is -2.25. The number of rotatable bonds is 3. The molecule has 2 rings (SSSR count). The predicted molar refractivity (Wildman–Crippen MR) is 73.3 cm³/mol. The Bertz CT molecular complexity index is 359.